The Bertz CT molecular complexity index is 993. The maximum Gasteiger partial charge on any atom is 0.232 e. The maximum atomic E-state index is 12.3. The highest BCUT2D eigenvalue weighted by atomic mass is 32.2. The highest BCUT2D eigenvalue weighted by Crippen LogP contribution is 2.34. The first-order valence-corrected chi connectivity index (χ1v) is 11.5. The van der Waals surface area contributed by atoms with Crippen LogP contribution in [-0.4, -0.2) is 47.4 Å². The molecule has 2 aromatic rings. The third-order valence-electron chi connectivity index (χ3n) is 4.50. The van der Waals surface area contributed by atoms with Crippen LogP contribution < -0.4 is 19.1 Å². The van der Waals surface area contributed by atoms with E-state index in [0.29, 0.717) is 49.1 Å². The molecule has 9 heteroatoms. The molecule has 0 saturated carbocycles. The molecular formula is C21H26N2O6S. The number of rotatable bonds is 9. The second-order valence-corrected chi connectivity index (χ2v) is 8.86. The van der Waals surface area contributed by atoms with E-state index < -0.39 is 10.0 Å². The van der Waals surface area contributed by atoms with E-state index >= 15 is 0 Å². The molecule has 2 aromatic carbocycles. The van der Waals surface area contributed by atoms with Crippen molar-refractivity contribution in [3.63, 3.8) is 0 Å². The predicted molar refractivity (Wildman–Crippen MR) is 115 cm³/mol. The van der Waals surface area contributed by atoms with Crippen molar-refractivity contribution in [2.45, 2.75) is 19.4 Å². The minimum absolute atomic E-state index is 0.176. The van der Waals surface area contributed by atoms with Crippen LogP contribution in [0.25, 0.3) is 0 Å². The Balaban J connectivity index is 1.60. The van der Waals surface area contributed by atoms with Gasteiger partial charge in [0.15, 0.2) is 11.5 Å². The smallest absolute Gasteiger partial charge is 0.232 e. The van der Waals surface area contributed by atoms with Crippen molar-refractivity contribution in [3.05, 3.63) is 48.0 Å². The van der Waals surface area contributed by atoms with Gasteiger partial charge in [-0.15, -0.1) is 0 Å². The molecule has 0 spiro atoms. The monoisotopic (exact) mass is 434 g/mol. The fraction of sp³-hybridized carbons (Fsp3) is 0.381. The summed E-state index contributed by atoms with van der Waals surface area (Å²) in [6.07, 6.45) is 1.70. The first-order chi connectivity index (χ1) is 14.4. The summed E-state index contributed by atoms with van der Waals surface area (Å²) < 4.78 is 42.0. The molecule has 162 valence electrons. The van der Waals surface area contributed by atoms with E-state index in [-0.39, 0.29) is 18.9 Å². The molecule has 1 amide bonds. The highest BCUT2D eigenvalue weighted by molar-refractivity contribution is 7.92. The standard InChI is InChI=1S/C21H26N2O6S/c1-27-15-16-5-3-6-17(13-16)22-21(24)7-4-10-23(30(2,25)26)18-8-9-19-20(14-18)29-12-11-28-19/h3,5-6,8-9,13-14H,4,7,10-12,15H2,1-2H3,(H,22,24). The van der Waals surface area contributed by atoms with Crippen LogP contribution in [0.15, 0.2) is 42.5 Å². The summed E-state index contributed by atoms with van der Waals surface area (Å²) in [5, 5.41) is 2.83. The number of fused-ring (bicyclic) bond motifs is 1. The van der Waals surface area contributed by atoms with E-state index in [9.17, 15) is 13.2 Å². The number of anilines is 2. The van der Waals surface area contributed by atoms with Crippen LogP contribution in [0.3, 0.4) is 0 Å². The summed E-state index contributed by atoms with van der Waals surface area (Å²) in [7, 11) is -1.91. The number of hydrogen-bond donors (Lipinski definition) is 1. The Labute approximate surface area is 176 Å². The van der Waals surface area contributed by atoms with Crippen LogP contribution in [0.1, 0.15) is 18.4 Å². The topological polar surface area (TPSA) is 94.2 Å². The lowest BCUT2D eigenvalue weighted by atomic mass is 10.2. The number of benzene rings is 2. The molecule has 0 saturated heterocycles. The van der Waals surface area contributed by atoms with Gasteiger partial charge in [0.1, 0.15) is 13.2 Å². The van der Waals surface area contributed by atoms with Gasteiger partial charge in [-0.3, -0.25) is 9.10 Å². The summed E-state index contributed by atoms with van der Waals surface area (Å²) in [5.41, 5.74) is 2.12. The van der Waals surface area contributed by atoms with E-state index in [1.165, 1.54) is 4.31 Å². The third-order valence-corrected chi connectivity index (χ3v) is 5.69. The van der Waals surface area contributed by atoms with Gasteiger partial charge in [-0.1, -0.05) is 12.1 Å². The Morgan fingerprint density at radius 3 is 2.63 bits per heavy atom. The van der Waals surface area contributed by atoms with Gasteiger partial charge in [-0.25, -0.2) is 8.42 Å². The van der Waals surface area contributed by atoms with E-state index in [1.54, 1.807) is 31.4 Å². The van der Waals surface area contributed by atoms with Crippen LogP contribution in [-0.2, 0) is 26.2 Å². The van der Waals surface area contributed by atoms with Gasteiger partial charge in [0.25, 0.3) is 0 Å². The van der Waals surface area contributed by atoms with Crippen molar-refractivity contribution in [2.75, 3.05) is 42.7 Å². The van der Waals surface area contributed by atoms with Gasteiger partial charge >= 0.3 is 0 Å². The predicted octanol–water partition coefficient (Wildman–Crippen LogP) is 2.79. The Morgan fingerprint density at radius 1 is 1.13 bits per heavy atom. The number of methoxy groups -OCH3 is 1. The summed E-state index contributed by atoms with van der Waals surface area (Å²) in [6, 6.07) is 12.4. The summed E-state index contributed by atoms with van der Waals surface area (Å²) in [6.45, 7) is 1.52. The summed E-state index contributed by atoms with van der Waals surface area (Å²) >= 11 is 0. The van der Waals surface area contributed by atoms with Crippen LogP contribution >= 0.6 is 0 Å². The molecule has 0 aromatic heterocycles. The first-order valence-electron chi connectivity index (χ1n) is 9.62. The maximum absolute atomic E-state index is 12.3. The van der Waals surface area contributed by atoms with Gasteiger partial charge in [0.05, 0.1) is 18.6 Å². The molecule has 1 N–H and O–H groups in total. The minimum atomic E-state index is -3.52. The van der Waals surface area contributed by atoms with Gasteiger partial charge in [0, 0.05) is 31.8 Å². The number of carbonyl (C=O) groups excluding carboxylic acids is 1. The zero-order valence-corrected chi connectivity index (χ0v) is 17.9. The van der Waals surface area contributed by atoms with Gasteiger partial charge < -0.3 is 19.5 Å². The molecule has 1 aliphatic heterocycles. The van der Waals surface area contributed by atoms with Crippen LogP contribution in [0, 0.1) is 0 Å². The van der Waals surface area contributed by atoms with Crippen molar-refractivity contribution in [1.82, 2.24) is 0 Å². The van der Waals surface area contributed by atoms with Crippen molar-refractivity contribution in [3.8, 4) is 11.5 Å². The van der Waals surface area contributed by atoms with E-state index in [0.717, 1.165) is 11.8 Å². The number of carbonyl (C=O) groups is 1. The van der Waals surface area contributed by atoms with Crippen molar-refractivity contribution >= 4 is 27.3 Å². The zero-order chi connectivity index (χ0) is 21.6. The SMILES string of the molecule is COCc1cccc(NC(=O)CCCN(c2ccc3c(c2)OCCO3)S(C)(=O)=O)c1. The van der Waals surface area contributed by atoms with Crippen LogP contribution in [0.4, 0.5) is 11.4 Å². The molecular weight excluding hydrogens is 408 g/mol. The van der Waals surface area contributed by atoms with Crippen molar-refractivity contribution in [1.29, 1.82) is 0 Å². The number of sulfonamides is 1. The average Bonchev–Trinajstić information content (AvgIpc) is 2.70. The Kier molecular flexibility index (Phi) is 7.17. The molecule has 0 atom stereocenters. The normalized spacial score (nSPS) is 13.0. The lowest BCUT2D eigenvalue weighted by Gasteiger charge is -2.25. The van der Waals surface area contributed by atoms with E-state index in [4.69, 9.17) is 14.2 Å². The molecule has 0 radical (unpaired) electrons. The number of hydrogen-bond acceptors (Lipinski definition) is 6. The molecule has 30 heavy (non-hydrogen) atoms. The van der Waals surface area contributed by atoms with E-state index in [1.807, 2.05) is 18.2 Å². The Hall–Kier alpha value is -2.78. The van der Waals surface area contributed by atoms with Gasteiger partial charge in [0.2, 0.25) is 15.9 Å². The second kappa shape index (κ2) is 9.82. The average molecular weight is 435 g/mol. The molecule has 0 fully saturated rings. The molecule has 1 heterocycles. The fourth-order valence-corrected chi connectivity index (χ4v) is 4.14. The molecule has 0 unspecified atom stereocenters. The lowest BCUT2D eigenvalue weighted by Crippen LogP contribution is -2.31. The number of amides is 1. The molecule has 3 rings (SSSR count). The van der Waals surface area contributed by atoms with E-state index in [2.05, 4.69) is 5.32 Å². The Morgan fingerprint density at radius 2 is 1.90 bits per heavy atom. The zero-order valence-electron chi connectivity index (χ0n) is 17.1. The summed E-state index contributed by atoms with van der Waals surface area (Å²) in [4.78, 5) is 12.3. The van der Waals surface area contributed by atoms with Crippen LogP contribution in [0.2, 0.25) is 0 Å². The fourth-order valence-electron chi connectivity index (χ4n) is 3.19. The number of nitrogens with one attached hydrogen (secondary N) is 1. The van der Waals surface area contributed by atoms with Crippen molar-refractivity contribution < 1.29 is 27.4 Å². The summed E-state index contributed by atoms with van der Waals surface area (Å²) in [5.74, 6) is 0.926. The largest absolute Gasteiger partial charge is 0.486 e. The highest BCUT2D eigenvalue weighted by Gasteiger charge is 2.21. The number of nitrogens with zero attached hydrogens (tertiary/aromatic N) is 1. The number of ether oxygens (including phenoxy) is 3. The van der Waals surface area contributed by atoms with Crippen molar-refractivity contribution in [2.24, 2.45) is 0 Å². The quantitative estimate of drug-likeness (QED) is 0.652. The molecule has 0 aliphatic carbocycles. The molecule has 8 nitrogen and oxygen atoms in total. The first kappa shape index (κ1) is 21.9. The lowest BCUT2D eigenvalue weighted by molar-refractivity contribution is -0.116. The van der Waals surface area contributed by atoms with Gasteiger partial charge in [-0.05, 0) is 36.2 Å². The molecule has 0 bridgehead atoms. The third kappa shape index (κ3) is 5.87. The minimum Gasteiger partial charge on any atom is -0.486 e. The van der Waals surface area contributed by atoms with Gasteiger partial charge in [-0.2, -0.15) is 0 Å². The molecule has 1 aliphatic rings. The van der Waals surface area contributed by atoms with Crippen LogP contribution in [0.5, 0.6) is 11.5 Å². The second-order valence-electron chi connectivity index (χ2n) is 6.95.